The van der Waals surface area contributed by atoms with E-state index in [0.29, 0.717) is 54.2 Å². The maximum absolute atomic E-state index is 14.5. The quantitative estimate of drug-likeness (QED) is 0.573. The van der Waals surface area contributed by atoms with Crippen LogP contribution in [0.4, 0.5) is 10.3 Å². The number of nitrogens with one attached hydrogen (secondary N) is 1. The summed E-state index contributed by atoms with van der Waals surface area (Å²) < 4.78 is 70.2. The molecular weight excluding hydrogens is 471 g/mol. The molecule has 2 aromatic heterocycles. The summed E-state index contributed by atoms with van der Waals surface area (Å²) in [5.41, 5.74) is 2.31. The molecule has 1 N–H and O–H groups in total. The van der Waals surface area contributed by atoms with Gasteiger partial charge in [0.05, 0.1) is 23.6 Å². The lowest BCUT2D eigenvalue weighted by atomic mass is 9.94. The molecule has 33 heavy (non-hydrogen) atoms. The highest BCUT2D eigenvalue weighted by Gasteiger charge is 2.30. The fourth-order valence-corrected chi connectivity index (χ4v) is 6.88. The summed E-state index contributed by atoms with van der Waals surface area (Å²) in [4.78, 5) is 8.59. The van der Waals surface area contributed by atoms with Crippen molar-refractivity contribution in [1.82, 2.24) is 14.4 Å². The lowest BCUT2D eigenvalue weighted by molar-refractivity contribution is 0.356. The van der Waals surface area contributed by atoms with Crippen molar-refractivity contribution in [2.75, 3.05) is 29.7 Å². The molecule has 12 heteroatoms. The van der Waals surface area contributed by atoms with Crippen LogP contribution in [0.1, 0.15) is 35.4 Å². The number of imidazole rings is 1. The van der Waals surface area contributed by atoms with Crippen molar-refractivity contribution in [1.29, 1.82) is 0 Å². The van der Waals surface area contributed by atoms with E-state index in [1.54, 1.807) is 16.7 Å². The van der Waals surface area contributed by atoms with Crippen molar-refractivity contribution >= 4 is 31.1 Å². The summed E-state index contributed by atoms with van der Waals surface area (Å²) in [7, 11) is -6.73. The zero-order valence-electron chi connectivity index (χ0n) is 17.9. The Morgan fingerprint density at radius 1 is 1.24 bits per heavy atom. The summed E-state index contributed by atoms with van der Waals surface area (Å²) in [6.45, 7) is 0.632. The molecule has 1 aromatic carbocycles. The molecular formula is C21H23FN4O5S2. The van der Waals surface area contributed by atoms with Crippen molar-refractivity contribution in [3.05, 3.63) is 47.2 Å². The molecule has 0 unspecified atom stereocenters. The molecule has 0 bridgehead atoms. The SMILES string of the molecule is CS(=O)(=O)c1ncn2c(NCc3c(F)ccc4c3CCO4)ncc(C3CCS(=O)(=O)CC3)c12. The molecule has 0 saturated carbocycles. The minimum Gasteiger partial charge on any atom is -0.493 e. The fraction of sp³-hybridized carbons (Fsp3) is 0.429. The van der Waals surface area contributed by atoms with Gasteiger partial charge in [-0.2, -0.15) is 0 Å². The van der Waals surface area contributed by atoms with E-state index in [1.165, 1.54) is 12.4 Å². The highest BCUT2D eigenvalue weighted by atomic mass is 32.2. The van der Waals surface area contributed by atoms with Crippen LogP contribution in [0.15, 0.2) is 29.7 Å². The normalized spacial score (nSPS) is 18.2. The Bertz CT molecular complexity index is 1450. The number of anilines is 1. The summed E-state index contributed by atoms with van der Waals surface area (Å²) in [5, 5.41) is 3.02. The Morgan fingerprint density at radius 2 is 2.00 bits per heavy atom. The Kier molecular flexibility index (Phi) is 5.31. The Labute approximate surface area is 190 Å². The van der Waals surface area contributed by atoms with Crippen LogP contribution in [0.5, 0.6) is 5.75 Å². The largest absolute Gasteiger partial charge is 0.493 e. The van der Waals surface area contributed by atoms with E-state index >= 15 is 0 Å². The van der Waals surface area contributed by atoms with E-state index < -0.39 is 19.7 Å². The molecule has 0 spiro atoms. The van der Waals surface area contributed by atoms with Crippen LogP contribution in [0.25, 0.3) is 5.52 Å². The predicted octanol–water partition coefficient (Wildman–Crippen LogP) is 2.11. The molecule has 0 amide bonds. The topological polar surface area (TPSA) is 120 Å². The monoisotopic (exact) mass is 494 g/mol. The molecule has 0 radical (unpaired) electrons. The van der Waals surface area contributed by atoms with Gasteiger partial charge >= 0.3 is 0 Å². The number of nitrogens with zero attached hydrogens (tertiary/aromatic N) is 3. The van der Waals surface area contributed by atoms with Crippen LogP contribution in [-0.4, -0.2) is 55.6 Å². The number of fused-ring (bicyclic) bond motifs is 2. The maximum atomic E-state index is 14.5. The van der Waals surface area contributed by atoms with E-state index in [9.17, 15) is 21.2 Å². The number of aromatic nitrogens is 3. The minimum absolute atomic E-state index is 0.0483. The van der Waals surface area contributed by atoms with Gasteiger partial charge in [-0.05, 0) is 30.9 Å². The number of rotatable bonds is 5. The summed E-state index contributed by atoms with van der Waals surface area (Å²) in [6.07, 6.45) is 5.43. The molecule has 5 rings (SSSR count). The van der Waals surface area contributed by atoms with Crippen LogP contribution >= 0.6 is 0 Å². The van der Waals surface area contributed by atoms with E-state index in [4.69, 9.17) is 4.74 Å². The fourth-order valence-electron chi connectivity index (χ4n) is 4.59. The van der Waals surface area contributed by atoms with Crippen molar-refractivity contribution in [2.24, 2.45) is 0 Å². The van der Waals surface area contributed by atoms with Gasteiger partial charge in [-0.15, -0.1) is 0 Å². The molecule has 3 aromatic rings. The van der Waals surface area contributed by atoms with Crippen molar-refractivity contribution in [2.45, 2.75) is 36.8 Å². The van der Waals surface area contributed by atoms with Gasteiger partial charge in [-0.3, -0.25) is 4.40 Å². The van der Waals surface area contributed by atoms with Gasteiger partial charge < -0.3 is 10.1 Å². The van der Waals surface area contributed by atoms with Gasteiger partial charge in [-0.1, -0.05) is 0 Å². The predicted molar refractivity (Wildman–Crippen MR) is 120 cm³/mol. The summed E-state index contributed by atoms with van der Waals surface area (Å²) in [5.74, 6) is 0.567. The molecule has 2 aliphatic rings. The van der Waals surface area contributed by atoms with Gasteiger partial charge in [0.1, 0.15) is 27.7 Å². The second kappa shape index (κ2) is 7.94. The van der Waals surface area contributed by atoms with Crippen LogP contribution in [0.3, 0.4) is 0 Å². The van der Waals surface area contributed by atoms with Gasteiger partial charge in [-0.25, -0.2) is 31.2 Å². The van der Waals surface area contributed by atoms with E-state index in [-0.39, 0.29) is 34.8 Å². The first kappa shape index (κ1) is 22.1. The number of halogens is 1. The molecule has 4 heterocycles. The number of ether oxygens (including phenoxy) is 1. The van der Waals surface area contributed by atoms with E-state index in [1.807, 2.05) is 0 Å². The molecule has 176 valence electrons. The van der Waals surface area contributed by atoms with E-state index in [2.05, 4.69) is 15.3 Å². The summed E-state index contributed by atoms with van der Waals surface area (Å²) >= 11 is 0. The standard InChI is InChI=1S/C21H23FN4O5S2/c1-32(27,28)20-19-15(13-5-8-33(29,30)9-6-13)10-23-21(26(19)12-25-20)24-11-16-14-4-7-31-18(14)3-2-17(16)22/h2-3,10,12-13H,4-9,11H2,1H3,(H,23,24). The van der Waals surface area contributed by atoms with Crippen LogP contribution in [0.2, 0.25) is 0 Å². The molecule has 1 saturated heterocycles. The van der Waals surface area contributed by atoms with Gasteiger partial charge in [0.15, 0.2) is 14.9 Å². The Morgan fingerprint density at radius 3 is 2.73 bits per heavy atom. The van der Waals surface area contributed by atoms with Crippen LogP contribution < -0.4 is 10.1 Å². The maximum Gasteiger partial charge on any atom is 0.208 e. The number of benzene rings is 1. The van der Waals surface area contributed by atoms with Crippen molar-refractivity contribution in [3.63, 3.8) is 0 Å². The molecule has 9 nitrogen and oxygen atoms in total. The van der Waals surface area contributed by atoms with Crippen LogP contribution in [0, 0.1) is 5.82 Å². The second-order valence-corrected chi connectivity index (χ2v) is 12.7. The smallest absolute Gasteiger partial charge is 0.208 e. The van der Waals surface area contributed by atoms with Gasteiger partial charge in [0.25, 0.3) is 0 Å². The first-order valence-electron chi connectivity index (χ1n) is 10.6. The Balaban J connectivity index is 1.54. The zero-order valence-corrected chi connectivity index (χ0v) is 19.5. The van der Waals surface area contributed by atoms with Crippen molar-refractivity contribution in [3.8, 4) is 5.75 Å². The lowest BCUT2D eigenvalue weighted by Crippen LogP contribution is -2.23. The first-order valence-corrected chi connectivity index (χ1v) is 14.3. The third kappa shape index (κ3) is 4.05. The molecule has 2 aliphatic heterocycles. The first-order chi connectivity index (χ1) is 15.6. The zero-order chi connectivity index (χ0) is 23.4. The Hall–Kier alpha value is -2.73. The summed E-state index contributed by atoms with van der Waals surface area (Å²) in [6, 6.07) is 2.98. The molecule has 0 atom stereocenters. The number of sulfone groups is 2. The highest BCUT2D eigenvalue weighted by Crippen LogP contribution is 2.35. The van der Waals surface area contributed by atoms with Crippen LogP contribution in [-0.2, 0) is 32.6 Å². The average Bonchev–Trinajstić information content (AvgIpc) is 3.40. The third-order valence-corrected chi connectivity index (χ3v) is 8.99. The van der Waals surface area contributed by atoms with Gasteiger partial charge in [0, 0.05) is 42.1 Å². The number of hydrogen-bond acceptors (Lipinski definition) is 8. The third-order valence-electron chi connectivity index (χ3n) is 6.27. The highest BCUT2D eigenvalue weighted by molar-refractivity contribution is 7.91. The second-order valence-electron chi connectivity index (χ2n) is 8.46. The molecule has 1 fully saturated rings. The number of hydrogen-bond donors (Lipinski definition) is 1. The van der Waals surface area contributed by atoms with Gasteiger partial charge in [0.2, 0.25) is 5.95 Å². The lowest BCUT2D eigenvalue weighted by Gasteiger charge is -2.23. The minimum atomic E-state index is -3.65. The average molecular weight is 495 g/mol. The molecule has 0 aliphatic carbocycles. The van der Waals surface area contributed by atoms with Crippen molar-refractivity contribution < 1.29 is 26.0 Å². The van der Waals surface area contributed by atoms with E-state index in [0.717, 1.165) is 11.8 Å².